The minimum absolute atomic E-state index is 0.104. The van der Waals surface area contributed by atoms with Gasteiger partial charge < -0.3 is 33.8 Å². The van der Waals surface area contributed by atoms with Crippen LogP contribution in [0.15, 0.2) is 0 Å². The smallest absolute Gasteiger partial charge is 0.462 e. The molecule has 0 amide bonds. The lowest BCUT2D eigenvalue weighted by molar-refractivity contribution is -0.161. The number of carbonyl (C=O) groups excluding carboxylic acids is 4. The van der Waals surface area contributed by atoms with Crippen LogP contribution < -0.4 is 0 Å². The average molecular weight is 1300 g/mol. The molecule has 19 heteroatoms. The summed E-state index contributed by atoms with van der Waals surface area (Å²) in [6.07, 6.45) is 40.4. The van der Waals surface area contributed by atoms with E-state index in [1.807, 2.05) is 0 Å². The number of ether oxygens (including phenoxy) is 4. The molecular formula is C69H134O17P2. The van der Waals surface area contributed by atoms with Gasteiger partial charge in [0.2, 0.25) is 0 Å². The van der Waals surface area contributed by atoms with E-state index in [9.17, 15) is 43.2 Å². The SMILES string of the molecule is CC(C)CCCCCCCCCCCCCCC(=O)O[C@H](COC(=O)CCCCCCCCCCC(C)C)COP(=O)(O)OCC(O)COP(=O)(O)OC[C@@H](COC(=O)CCCCCCCCCC(C)C)OC(=O)CCCCCCCCCCCC(C)C. The topological polar surface area (TPSA) is 237 Å². The van der Waals surface area contributed by atoms with Gasteiger partial charge in [-0.1, -0.05) is 287 Å². The number of aliphatic hydroxyl groups excluding tert-OH is 1. The first-order valence-corrected chi connectivity index (χ1v) is 38.7. The maximum absolute atomic E-state index is 13.0. The summed E-state index contributed by atoms with van der Waals surface area (Å²) in [6.45, 7) is 14.0. The van der Waals surface area contributed by atoms with E-state index in [0.717, 1.165) is 114 Å². The fourth-order valence-corrected chi connectivity index (χ4v) is 11.9. The van der Waals surface area contributed by atoms with Crippen LogP contribution in [0.2, 0.25) is 0 Å². The molecule has 0 fully saturated rings. The number of esters is 4. The number of carbonyl (C=O) groups is 4. The minimum atomic E-state index is -4.95. The molecule has 0 aromatic heterocycles. The lowest BCUT2D eigenvalue weighted by Gasteiger charge is -2.21. The molecule has 17 nitrogen and oxygen atoms in total. The van der Waals surface area contributed by atoms with Gasteiger partial charge in [-0.2, -0.15) is 0 Å². The first kappa shape index (κ1) is 86.1. The number of phosphoric ester groups is 2. The van der Waals surface area contributed by atoms with Crippen molar-refractivity contribution in [3.8, 4) is 0 Å². The Balaban J connectivity index is 5.26. The normalized spacial score (nSPS) is 14.3. The zero-order chi connectivity index (χ0) is 65.4. The van der Waals surface area contributed by atoms with Gasteiger partial charge in [0.25, 0.3) is 0 Å². The van der Waals surface area contributed by atoms with Crippen LogP contribution in [0.5, 0.6) is 0 Å². The third kappa shape index (κ3) is 62.8. The Hall–Kier alpha value is -1.94. The van der Waals surface area contributed by atoms with Crippen molar-refractivity contribution in [3.63, 3.8) is 0 Å². The molecule has 0 aromatic carbocycles. The molecule has 522 valence electrons. The number of phosphoric acid groups is 2. The molecule has 5 atom stereocenters. The second-order valence-electron chi connectivity index (χ2n) is 26.8. The number of unbranched alkanes of at least 4 members (excludes halogenated alkanes) is 32. The summed E-state index contributed by atoms with van der Waals surface area (Å²) in [7, 11) is -9.90. The Kier molecular flexibility index (Phi) is 57.6. The van der Waals surface area contributed by atoms with Crippen LogP contribution in [-0.4, -0.2) is 96.7 Å². The number of hydrogen-bond donors (Lipinski definition) is 3. The van der Waals surface area contributed by atoms with Crippen molar-refractivity contribution in [1.82, 2.24) is 0 Å². The van der Waals surface area contributed by atoms with Crippen LogP contribution >= 0.6 is 15.6 Å². The maximum Gasteiger partial charge on any atom is 0.472 e. The molecule has 0 saturated heterocycles. The average Bonchev–Trinajstić information content (AvgIpc) is 3.66. The summed E-state index contributed by atoms with van der Waals surface area (Å²) in [6, 6.07) is 0. The quantitative estimate of drug-likeness (QED) is 0.0222. The molecular weight excluding hydrogens is 1160 g/mol. The lowest BCUT2D eigenvalue weighted by Crippen LogP contribution is -2.30. The van der Waals surface area contributed by atoms with E-state index in [1.165, 1.54) is 135 Å². The molecule has 0 radical (unpaired) electrons. The second-order valence-corrected chi connectivity index (χ2v) is 29.7. The van der Waals surface area contributed by atoms with Crippen molar-refractivity contribution in [2.45, 2.75) is 356 Å². The summed E-state index contributed by atoms with van der Waals surface area (Å²) in [5.41, 5.74) is 0. The molecule has 0 aliphatic carbocycles. The molecule has 0 spiro atoms. The van der Waals surface area contributed by atoms with Crippen LogP contribution in [0.25, 0.3) is 0 Å². The monoisotopic (exact) mass is 1300 g/mol. The first-order chi connectivity index (χ1) is 42.1. The predicted molar refractivity (Wildman–Crippen MR) is 354 cm³/mol. The summed E-state index contributed by atoms with van der Waals surface area (Å²) in [5, 5.41) is 10.6. The Labute approximate surface area is 537 Å². The van der Waals surface area contributed by atoms with Crippen molar-refractivity contribution in [3.05, 3.63) is 0 Å². The van der Waals surface area contributed by atoms with Crippen LogP contribution in [0.4, 0.5) is 0 Å². The fraction of sp³-hybridized carbons (Fsp3) is 0.942. The van der Waals surface area contributed by atoms with Gasteiger partial charge in [-0.05, 0) is 49.4 Å². The molecule has 0 aromatic rings. The van der Waals surface area contributed by atoms with Crippen LogP contribution in [0, 0.1) is 23.7 Å². The highest BCUT2D eigenvalue weighted by atomic mass is 31.2. The first-order valence-electron chi connectivity index (χ1n) is 35.7. The van der Waals surface area contributed by atoms with E-state index >= 15 is 0 Å². The number of hydrogen-bond acceptors (Lipinski definition) is 15. The molecule has 3 N–H and O–H groups in total. The van der Waals surface area contributed by atoms with E-state index < -0.39 is 97.5 Å². The molecule has 0 bridgehead atoms. The summed E-state index contributed by atoms with van der Waals surface area (Å²) >= 11 is 0. The van der Waals surface area contributed by atoms with E-state index in [2.05, 4.69) is 55.4 Å². The molecule has 0 aliphatic rings. The van der Waals surface area contributed by atoms with Crippen molar-refractivity contribution in [2.75, 3.05) is 39.6 Å². The van der Waals surface area contributed by atoms with Crippen LogP contribution in [0.1, 0.15) is 338 Å². The fourth-order valence-electron chi connectivity index (χ4n) is 10.3. The van der Waals surface area contributed by atoms with Crippen molar-refractivity contribution in [2.24, 2.45) is 23.7 Å². The largest absolute Gasteiger partial charge is 0.472 e. The van der Waals surface area contributed by atoms with Crippen molar-refractivity contribution >= 4 is 39.5 Å². The van der Waals surface area contributed by atoms with Gasteiger partial charge in [-0.15, -0.1) is 0 Å². The molecule has 88 heavy (non-hydrogen) atoms. The predicted octanol–water partition coefficient (Wildman–Crippen LogP) is 19.3. The summed E-state index contributed by atoms with van der Waals surface area (Å²) < 4.78 is 68.2. The Morgan fingerprint density at radius 2 is 0.477 bits per heavy atom. The maximum atomic E-state index is 13.0. The zero-order valence-electron chi connectivity index (χ0n) is 57.3. The Morgan fingerprint density at radius 1 is 0.284 bits per heavy atom. The van der Waals surface area contributed by atoms with Gasteiger partial charge in [-0.25, -0.2) is 9.13 Å². The highest BCUT2D eigenvalue weighted by Gasteiger charge is 2.30. The van der Waals surface area contributed by atoms with Gasteiger partial charge in [0.15, 0.2) is 12.2 Å². The Bertz CT molecular complexity index is 1750. The third-order valence-corrected chi connectivity index (χ3v) is 17.7. The van der Waals surface area contributed by atoms with E-state index in [1.54, 1.807) is 0 Å². The van der Waals surface area contributed by atoms with Crippen molar-refractivity contribution < 1.29 is 80.2 Å². The standard InChI is InChI=1S/C69H134O17P2/c1-59(2)45-37-29-21-14-11-9-10-12-16-26-35-43-51-68(73)85-64(55-79-66(71)49-41-33-25-19-18-23-31-39-47-61(5)6)57-83-87(75,76)81-53-63(70)54-82-88(77,78)84-58-65(56-80-67(72)50-42-34-28-20-24-32-40-48-62(7)8)86-69(74)52-44-36-27-17-13-15-22-30-38-46-60(3)4/h59-65,70H,9-58H2,1-8H3,(H,75,76)(H,77,78)/t63?,64-,65-/m1/s1. The van der Waals surface area contributed by atoms with E-state index in [0.29, 0.717) is 31.6 Å². The highest BCUT2D eigenvalue weighted by Crippen LogP contribution is 2.45. The minimum Gasteiger partial charge on any atom is -0.462 e. The second kappa shape index (κ2) is 58.8. The zero-order valence-corrected chi connectivity index (χ0v) is 59.1. The van der Waals surface area contributed by atoms with Crippen molar-refractivity contribution in [1.29, 1.82) is 0 Å². The molecule has 3 unspecified atom stereocenters. The lowest BCUT2D eigenvalue weighted by atomic mass is 10.0. The van der Waals surface area contributed by atoms with Gasteiger partial charge in [0, 0.05) is 25.7 Å². The van der Waals surface area contributed by atoms with Gasteiger partial charge in [0.1, 0.15) is 19.3 Å². The van der Waals surface area contributed by atoms with E-state index in [4.69, 9.17) is 37.0 Å². The van der Waals surface area contributed by atoms with Crippen LogP contribution in [0.3, 0.4) is 0 Å². The highest BCUT2D eigenvalue weighted by molar-refractivity contribution is 7.47. The third-order valence-electron chi connectivity index (χ3n) is 15.8. The molecule has 0 aliphatic heterocycles. The Morgan fingerprint density at radius 3 is 0.705 bits per heavy atom. The van der Waals surface area contributed by atoms with Gasteiger partial charge >= 0.3 is 39.5 Å². The molecule has 0 heterocycles. The summed E-state index contributed by atoms with van der Waals surface area (Å²) in [4.78, 5) is 72.5. The molecule has 0 rings (SSSR count). The number of aliphatic hydroxyl groups is 1. The van der Waals surface area contributed by atoms with Crippen LogP contribution in [-0.2, 0) is 65.4 Å². The summed E-state index contributed by atoms with van der Waals surface area (Å²) in [5.74, 6) is 0.812. The van der Waals surface area contributed by atoms with E-state index in [-0.39, 0.29) is 25.7 Å². The number of rotatable bonds is 66. The van der Waals surface area contributed by atoms with Gasteiger partial charge in [-0.3, -0.25) is 37.3 Å². The molecule has 0 saturated carbocycles. The van der Waals surface area contributed by atoms with Gasteiger partial charge in [0.05, 0.1) is 26.4 Å².